The number of carbonyl (C=O) groups is 1. The van der Waals surface area contributed by atoms with Gasteiger partial charge in [-0.25, -0.2) is 17.9 Å². The first-order valence-electron chi connectivity index (χ1n) is 5.14. The van der Waals surface area contributed by atoms with Gasteiger partial charge in [-0.05, 0) is 6.07 Å². The highest BCUT2D eigenvalue weighted by molar-refractivity contribution is 7.91. The summed E-state index contributed by atoms with van der Waals surface area (Å²) in [4.78, 5) is 10.7. The number of sulfonamides is 1. The molecule has 2 rings (SSSR count). The van der Waals surface area contributed by atoms with Gasteiger partial charge in [-0.1, -0.05) is 5.21 Å². The van der Waals surface area contributed by atoms with Gasteiger partial charge in [0.05, 0.1) is 18.3 Å². The molecule has 2 aromatic heterocycles. The van der Waals surface area contributed by atoms with E-state index < -0.39 is 16.0 Å². The molecule has 0 aliphatic heterocycles. The second-order valence-electron chi connectivity index (χ2n) is 3.52. The number of hydrogen-bond acceptors (Lipinski definition) is 6. The van der Waals surface area contributed by atoms with Gasteiger partial charge in [0.15, 0.2) is 0 Å². The Morgan fingerprint density at radius 2 is 2.32 bits per heavy atom. The van der Waals surface area contributed by atoms with Crippen LogP contribution in [0.25, 0.3) is 0 Å². The summed E-state index contributed by atoms with van der Waals surface area (Å²) in [6.07, 6.45) is 3.11. The molecule has 2 aromatic rings. The summed E-state index contributed by atoms with van der Waals surface area (Å²) in [5, 5.41) is 17.3. The molecule has 0 aliphatic rings. The summed E-state index contributed by atoms with van der Waals surface area (Å²) in [6, 6.07) is 1.13. The monoisotopic (exact) mass is 302 g/mol. The Balaban J connectivity index is 1.99. The van der Waals surface area contributed by atoms with Crippen LogP contribution in [-0.2, 0) is 16.6 Å². The Labute approximate surface area is 112 Å². The molecule has 8 nitrogen and oxygen atoms in total. The minimum absolute atomic E-state index is 0.0245. The number of hydrogen-bond donors (Lipinski definition) is 2. The minimum Gasteiger partial charge on any atom is -0.478 e. The van der Waals surface area contributed by atoms with E-state index in [0.29, 0.717) is 6.54 Å². The number of aromatic nitrogens is 3. The number of carboxylic acids is 1. The fourth-order valence-electron chi connectivity index (χ4n) is 1.29. The molecule has 0 radical (unpaired) electrons. The largest absolute Gasteiger partial charge is 0.478 e. The lowest BCUT2D eigenvalue weighted by molar-refractivity contribution is 0.0697. The number of thiophene rings is 1. The molecule has 0 fully saturated rings. The molecule has 0 unspecified atom stereocenters. The molecule has 19 heavy (non-hydrogen) atoms. The van der Waals surface area contributed by atoms with Crippen LogP contribution in [0.15, 0.2) is 28.0 Å². The van der Waals surface area contributed by atoms with Crippen LogP contribution >= 0.6 is 11.3 Å². The molecule has 2 N–H and O–H groups in total. The summed E-state index contributed by atoms with van der Waals surface area (Å²) < 4.78 is 27.5. The predicted molar refractivity (Wildman–Crippen MR) is 66.5 cm³/mol. The van der Waals surface area contributed by atoms with E-state index in [2.05, 4.69) is 15.0 Å². The van der Waals surface area contributed by atoms with Gasteiger partial charge in [0.1, 0.15) is 4.21 Å². The van der Waals surface area contributed by atoms with E-state index in [1.165, 1.54) is 16.3 Å². The molecule has 2 heterocycles. The van der Waals surface area contributed by atoms with Crippen LogP contribution in [0.5, 0.6) is 0 Å². The van der Waals surface area contributed by atoms with Crippen molar-refractivity contribution >= 4 is 27.3 Å². The lowest BCUT2D eigenvalue weighted by Crippen LogP contribution is -2.27. The topological polar surface area (TPSA) is 114 Å². The van der Waals surface area contributed by atoms with Gasteiger partial charge in [-0.15, -0.1) is 16.4 Å². The second-order valence-corrected chi connectivity index (χ2v) is 6.43. The van der Waals surface area contributed by atoms with Crippen molar-refractivity contribution < 1.29 is 18.3 Å². The quantitative estimate of drug-likeness (QED) is 0.777. The van der Waals surface area contributed by atoms with Crippen molar-refractivity contribution in [2.45, 2.75) is 10.8 Å². The van der Waals surface area contributed by atoms with Crippen LogP contribution in [0.2, 0.25) is 0 Å². The number of nitrogens with one attached hydrogen (secondary N) is 1. The van der Waals surface area contributed by atoms with Gasteiger partial charge in [0.2, 0.25) is 10.0 Å². The Morgan fingerprint density at radius 3 is 2.89 bits per heavy atom. The molecule has 0 aromatic carbocycles. The van der Waals surface area contributed by atoms with E-state index in [4.69, 9.17) is 5.11 Å². The summed E-state index contributed by atoms with van der Waals surface area (Å²) in [6.45, 7) is 0.488. The smallest absolute Gasteiger partial charge is 0.336 e. The molecule has 102 valence electrons. The molecular weight excluding hydrogens is 292 g/mol. The van der Waals surface area contributed by atoms with Crippen LogP contribution in [0.3, 0.4) is 0 Å². The van der Waals surface area contributed by atoms with E-state index in [1.807, 2.05) is 0 Å². The molecule has 0 aliphatic carbocycles. The van der Waals surface area contributed by atoms with E-state index in [-0.39, 0.29) is 16.3 Å². The van der Waals surface area contributed by atoms with Gasteiger partial charge in [-0.2, -0.15) is 0 Å². The maximum absolute atomic E-state index is 11.9. The van der Waals surface area contributed by atoms with Crippen molar-refractivity contribution in [2.24, 2.45) is 0 Å². The zero-order chi connectivity index (χ0) is 13.9. The highest BCUT2D eigenvalue weighted by Gasteiger charge is 2.18. The maximum atomic E-state index is 11.9. The van der Waals surface area contributed by atoms with Crippen molar-refractivity contribution in [3.8, 4) is 0 Å². The third kappa shape index (κ3) is 3.36. The lowest BCUT2D eigenvalue weighted by atomic mass is 10.4. The highest BCUT2D eigenvalue weighted by atomic mass is 32.2. The molecular formula is C9H10N4O4S2. The Bertz CT molecular complexity index is 662. The first-order valence-corrected chi connectivity index (χ1v) is 7.51. The van der Waals surface area contributed by atoms with Crippen molar-refractivity contribution in [1.82, 2.24) is 19.7 Å². The van der Waals surface area contributed by atoms with Crippen LogP contribution in [-0.4, -0.2) is 41.0 Å². The second kappa shape index (κ2) is 5.47. The van der Waals surface area contributed by atoms with Crippen molar-refractivity contribution in [1.29, 1.82) is 0 Å². The first kappa shape index (κ1) is 13.6. The zero-order valence-electron chi connectivity index (χ0n) is 9.55. The van der Waals surface area contributed by atoms with Crippen LogP contribution in [0, 0.1) is 0 Å². The maximum Gasteiger partial charge on any atom is 0.336 e. The average Bonchev–Trinajstić information content (AvgIpc) is 2.99. The minimum atomic E-state index is -3.68. The van der Waals surface area contributed by atoms with Gasteiger partial charge in [0, 0.05) is 18.1 Å². The molecule has 0 atom stereocenters. The van der Waals surface area contributed by atoms with Crippen LogP contribution in [0.4, 0.5) is 0 Å². The molecule has 10 heteroatoms. The zero-order valence-corrected chi connectivity index (χ0v) is 11.2. The highest BCUT2D eigenvalue weighted by Crippen LogP contribution is 2.19. The lowest BCUT2D eigenvalue weighted by Gasteiger charge is -2.04. The summed E-state index contributed by atoms with van der Waals surface area (Å²) in [5.41, 5.74) is -0.0401. The number of rotatable bonds is 6. The predicted octanol–water partition coefficient (Wildman–Crippen LogP) is 0.0163. The van der Waals surface area contributed by atoms with E-state index in [9.17, 15) is 13.2 Å². The normalized spacial score (nSPS) is 11.6. The number of nitrogens with zero attached hydrogens (tertiary/aromatic N) is 3. The van der Waals surface area contributed by atoms with Gasteiger partial charge < -0.3 is 5.11 Å². The van der Waals surface area contributed by atoms with E-state index >= 15 is 0 Å². The van der Waals surface area contributed by atoms with E-state index in [0.717, 1.165) is 17.4 Å². The fourth-order valence-corrected chi connectivity index (χ4v) is 3.51. The average molecular weight is 302 g/mol. The van der Waals surface area contributed by atoms with E-state index in [1.54, 1.807) is 6.20 Å². The van der Waals surface area contributed by atoms with Gasteiger partial charge >= 0.3 is 5.97 Å². The van der Waals surface area contributed by atoms with Crippen LogP contribution in [0.1, 0.15) is 10.4 Å². The Morgan fingerprint density at radius 1 is 1.53 bits per heavy atom. The third-order valence-corrected chi connectivity index (χ3v) is 5.09. The van der Waals surface area contributed by atoms with Gasteiger partial charge in [-0.3, -0.25) is 4.68 Å². The molecule has 0 spiro atoms. The van der Waals surface area contributed by atoms with Crippen molar-refractivity contribution in [2.75, 3.05) is 6.54 Å². The standard InChI is InChI=1S/C9H10N4O4S2/c14-9(15)7-5-8(18-6-7)19(16,17)11-2-4-13-3-1-10-12-13/h1,3,5-6,11H,2,4H2,(H,14,15). The SMILES string of the molecule is O=C(O)c1csc(S(=O)(=O)NCCn2ccnn2)c1. The Kier molecular flexibility index (Phi) is 3.93. The molecule has 0 amide bonds. The van der Waals surface area contributed by atoms with Crippen molar-refractivity contribution in [3.05, 3.63) is 29.4 Å². The van der Waals surface area contributed by atoms with Gasteiger partial charge in [0.25, 0.3) is 0 Å². The Hall–Kier alpha value is -1.78. The molecule has 0 saturated heterocycles. The summed E-state index contributed by atoms with van der Waals surface area (Å²) >= 11 is 0.867. The number of aromatic carboxylic acids is 1. The molecule has 0 bridgehead atoms. The van der Waals surface area contributed by atoms with Crippen molar-refractivity contribution in [3.63, 3.8) is 0 Å². The summed E-state index contributed by atoms with van der Waals surface area (Å²) in [5.74, 6) is -1.15. The fraction of sp³-hybridized carbons (Fsp3) is 0.222. The first-order chi connectivity index (χ1) is 8.99. The number of carboxylic acid groups (broad SMARTS) is 1. The van der Waals surface area contributed by atoms with Crippen LogP contribution < -0.4 is 4.72 Å². The summed E-state index contributed by atoms with van der Waals surface area (Å²) in [7, 11) is -3.68. The molecule has 0 saturated carbocycles. The third-order valence-electron chi connectivity index (χ3n) is 2.19.